The van der Waals surface area contributed by atoms with Gasteiger partial charge in [0.15, 0.2) is 0 Å². The Morgan fingerprint density at radius 1 is 0.848 bits per heavy atom. The predicted molar refractivity (Wildman–Crippen MR) is 180 cm³/mol. The van der Waals surface area contributed by atoms with E-state index in [0.717, 1.165) is 46.7 Å². The molecule has 0 bridgehead atoms. The van der Waals surface area contributed by atoms with E-state index in [1.165, 1.54) is 24.1 Å². The molecule has 0 unspecified atom stereocenters. The first-order valence-electron chi connectivity index (χ1n) is 15.7. The van der Waals surface area contributed by atoms with E-state index in [9.17, 15) is 18.0 Å². The zero-order chi connectivity index (χ0) is 32.5. The van der Waals surface area contributed by atoms with Gasteiger partial charge in [0.05, 0.1) is 17.7 Å². The molecule has 4 aromatic rings. The molecule has 1 saturated carbocycles. The molecule has 0 heterocycles. The Morgan fingerprint density at radius 2 is 1.50 bits per heavy atom. The monoisotopic (exact) mass is 639 g/mol. The fourth-order valence-electron chi connectivity index (χ4n) is 5.83. The molecule has 2 amide bonds. The normalized spacial score (nSPS) is 14.0. The van der Waals surface area contributed by atoms with Crippen LogP contribution in [0.15, 0.2) is 114 Å². The number of methoxy groups -OCH3 is 1. The fourth-order valence-corrected chi connectivity index (χ4v) is 7.25. The highest BCUT2D eigenvalue weighted by Crippen LogP contribution is 2.28. The number of carbonyl (C=O) groups excluding carboxylic acids is 2. The lowest BCUT2D eigenvalue weighted by Crippen LogP contribution is -2.54. The van der Waals surface area contributed by atoms with Gasteiger partial charge in [-0.15, -0.1) is 0 Å². The van der Waals surface area contributed by atoms with E-state index < -0.39 is 28.5 Å². The third kappa shape index (κ3) is 8.14. The van der Waals surface area contributed by atoms with Gasteiger partial charge in [-0.25, -0.2) is 8.42 Å². The number of nitrogens with zero attached hydrogens (tertiary/aromatic N) is 2. The van der Waals surface area contributed by atoms with Crippen LogP contribution in [0.1, 0.15) is 42.4 Å². The van der Waals surface area contributed by atoms with E-state index >= 15 is 0 Å². The summed E-state index contributed by atoms with van der Waals surface area (Å²) >= 11 is 0. The van der Waals surface area contributed by atoms with Crippen molar-refractivity contribution in [3.8, 4) is 5.75 Å². The summed E-state index contributed by atoms with van der Waals surface area (Å²) in [6.45, 7) is 1.60. The SMILES string of the molecule is COc1cccc(N(CC(=O)N(Cc2ccc(C)cc2)[C@@H](Cc2ccccc2)C(=O)NC2CCCC2)S(=O)(=O)c2ccccc2)c1. The average molecular weight is 640 g/mol. The van der Waals surface area contributed by atoms with E-state index in [2.05, 4.69) is 5.32 Å². The fraction of sp³-hybridized carbons (Fsp3) is 0.297. The molecule has 5 rings (SSSR count). The second kappa shape index (κ2) is 15.1. The molecule has 0 aromatic heterocycles. The molecule has 9 heteroatoms. The minimum atomic E-state index is -4.18. The smallest absolute Gasteiger partial charge is 0.264 e. The molecular weight excluding hydrogens is 598 g/mol. The molecule has 1 aliphatic carbocycles. The molecule has 1 N–H and O–H groups in total. The van der Waals surface area contributed by atoms with Gasteiger partial charge in [0, 0.05) is 25.1 Å². The van der Waals surface area contributed by atoms with Gasteiger partial charge in [0.2, 0.25) is 11.8 Å². The Morgan fingerprint density at radius 3 is 2.15 bits per heavy atom. The number of anilines is 1. The first-order valence-corrected chi connectivity index (χ1v) is 17.1. The molecule has 46 heavy (non-hydrogen) atoms. The van der Waals surface area contributed by atoms with E-state index in [1.807, 2.05) is 61.5 Å². The molecule has 240 valence electrons. The van der Waals surface area contributed by atoms with Crippen molar-refractivity contribution >= 4 is 27.5 Å². The maximum absolute atomic E-state index is 14.6. The van der Waals surface area contributed by atoms with Crippen LogP contribution in [0.4, 0.5) is 5.69 Å². The number of rotatable bonds is 13. The van der Waals surface area contributed by atoms with Crippen molar-refractivity contribution in [3.63, 3.8) is 0 Å². The van der Waals surface area contributed by atoms with Gasteiger partial charge in [0.1, 0.15) is 18.3 Å². The van der Waals surface area contributed by atoms with Gasteiger partial charge in [0.25, 0.3) is 10.0 Å². The summed E-state index contributed by atoms with van der Waals surface area (Å²) in [5.74, 6) is -0.284. The predicted octanol–water partition coefficient (Wildman–Crippen LogP) is 5.90. The first-order chi connectivity index (χ1) is 22.2. The standard InChI is InChI=1S/C37H41N3O5S/c1-28-20-22-30(23-21-28)26-39(35(24-29-12-5-3-6-13-29)37(42)38-31-14-9-10-15-31)36(41)27-40(32-16-11-17-33(25-32)45-2)46(43,44)34-18-7-4-8-19-34/h3-8,11-13,16-23,25,31,35H,9-10,14-15,24,26-27H2,1-2H3,(H,38,42)/t35-/m0/s1. The van der Waals surface area contributed by atoms with Crippen LogP contribution in [-0.4, -0.2) is 50.9 Å². The topological polar surface area (TPSA) is 96.0 Å². The second-order valence-electron chi connectivity index (χ2n) is 11.7. The highest BCUT2D eigenvalue weighted by Gasteiger charge is 2.35. The van der Waals surface area contributed by atoms with Gasteiger partial charge in [-0.1, -0.05) is 97.3 Å². The summed E-state index contributed by atoms with van der Waals surface area (Å²) in [5.41, 5.74) is 3.09. The highest BCUT2D eigenvalue weighted by atomic mass is 32.2. The Kier molecular flexibility index (Phi) is 10.8. The number of aryl methyl sites for hydroxylation is 1. The summed E-state index contributed by atoms with van der Waals surface area (Å²) in [4.78, 5) is 30.3. The number of hydrogen-bond acceptors (Lipinski definition) is 5. The van der Waals surface area contributed by atoms with E-state index in [1.54, 1.807) is 42.5 Å². The summed E-state index contributed by atoms with van der Waals surface area (Å²) in [6, 6.07) is 31.2. The quantitative estimate of drug-likeness (QED) is 0.197. The Labute approximate surface area is 272 Å². The molecule has 4 aromatic carbocycles. The van der Waals surface area contributed by atoms with Gasteiger partial charge in [-0.3, -0.25) is 13.9 Å². The Bertz CT molecular complexity index is 1710. The first kappa shape index (κ1) is 32.8. The lowest BCUT2D eigenvalue weighted by molar-refractivity contribution is -0.140. The lowest BCUT2D eigenvalue weighted by Gasteiger charge is -2.34. The van der Waals surface area contributed by atoms with Crippen LogP contribution in [0.25, 0.3) is 0 Å². The maximum Gasteiger partial charge on any atom is 0.264 e. The molecule has 0 spiro atoms. The van der Waals surface area contributed by atoms with Crippen molar-refractivity contribution in [1.82, 2.24) is 10.2 Å². The van der Waals surface area contributed by atoms with Gasteiger partial charge in [-0.05, 0) is 55.2 Å². The zero-order valence-electron chi connectivity index (χ0n) is 26.3. The summed E-state index contributed by atoms with van der Waals surface area (Å²) in [5, 5.41) is 3.20. The second-order valence-corrected chi connectivity index (χ2v) is 13.6. The average Bonchev–Trinajstić information content (AvgIpc) is 3.59. The number of sulfonamides is 1. The molecule has 1 aliphatic rings. The van der Waals surface area contributed by atoms with Crippen LogP contribution < -0.4 is 14.4 Å². The molecule has 0 saturated heterocycles. The Hall–Kier alpha value is -4.63. The van der Waals surface area contributed by atoms with Crippen LogP contribution in [0.2, 0.25) is 0 Å². The van der Waals surface area contributed by atoms with Crippen molar-refractivity contribution in [3.05, 3.63) is 126 Å². The third-order valence-corrected chi connectivity index (χ3v) is 10.2. The molecule has 1 atom stereocenters. The minimum absolute atomic E-state index is 0.0499. The number of ether oxygens (including phenoxy) is 1. The van der Waals surface area contributed by atoms with Crippen molar-refractivity contribution in [1.29, 1.82) is 0 Å². The largest absolute Gasteiger partial charge is 0.497 e. The highest BCUT2D eigenvalue weighted by molar-refractivity contribution is 7.92. The molecule has 0 aliphatic heterocycles. The number of hydrogen-bond donors (Lipinski definition) is 1. The van der Waals surface area contributed by atoms with Gasteiger partial charge in [-0.2, -0.15) is 0 Å². The molecular formula is C37H41N3O5S. The van der Waals surface area contributed by atoms with Crippen molar-refractivity contribution in [2.45, 2.75) is 62.6 Å². The summed E-state index contributed by atoms with van der Waals surface area (Å²) < 4.78 is 34.8. The van der Waals surface area contributed by atoms with Crippen molar-refractivity contribution in [2.24, 2.45) is 0 Å². The van der Waals surface area contributed by atoms with Crippen LogP contribution in [-0.2, 0) is 32.6 Å². The maximum atomic E-state index is 14.6. The molecule has 0 radical (unpaired) electrons. The number of benzene rings is 4. The summed E-state index contributed by atoms with van der Waals surface area (Å²) in [7, 11) is -2.68. The number of carbonyl (C=O) groups is 2. The van der Waals surface area contributed by atoms with Crippen molar-refractivity contribution < 1.29 is 22.7 Å². The van der Waals surface area contributed by atoms with Crippen LogP contribution >= 0.6 is 0 Å². The van der Waals surface area contributed by atoms with Crippen LogP contribution in [0, 0.1) is 6.92 Å². The molecule has 8 nitrogen and oxygen atoms in total. The van der Waals surface area contributed by atoms with E-state index in [0.29, 0.717) is 5.75 Å². The van der Waals surface area contributed by atoms with Crippen LogP contribution in [0.3, 0.4) is 0 Å². The van der Waals surface area contributed by atoms with E-state index in [-0.39, 0.29) is 35.5 Å². The number of amides is 2. The van der Waals surface area contributed by atoms with Crippen LogP contribution in [0.5, 0.6) is 5.75 Å². The van der Waals surface area contributed by atoms with Crippen molar-refractivity contribution in [2.75, 3.05) is 18.0 Å². The third-order valence-electron chi connectivity index (χ3n) is 8.40. The van der Waals surface area contributed by atoms with Gasteiger partial charge >= 0.3 is 0 Å². The zero-order valence-corrected chi connectivity index (χ0v) is 27.2. The number of nitrogens with one attached hydrogen (secondary N) is 1. The lowest BCUT2D eigenvalue weighted by atomic mass is 10.0. The Balaban J connectivity index is 1.56. The van der Waals surface area contributed by atoms with E-state index in [4.69, 9.17) is 4.74 Å². The minimum Gasteiger partial charge on any atom is -0.497 e. The summed E-state index contributed by atoms with van der Waals surface area (Å²) in [6.07, 6.45) is 4.17. The van der Waals surface area contributed by atoms with Gasteiger partial charge < -0.3 is 15.0 Å². The molecule has 1 fully saturated rings.